The van der Waals surface area contributed by atoms with Crippen molar-refractivity contribution < 1.29 is 26.3 Å². The molecule has 0 fully saturated rings. The number of aliphatic imine (C=N–C) groups is 1. The Bertz CT molecular complexity index is 327. The molecule has 0 heterocycles. The Balaban J connectivity index is 4.06. The van der Waals surface area contributed by atoms with Crippen LogP contribution in [0.5, 0.6) is 0 Å². The molecule has 0 radical (unpaired) electrons. The summed E-state index contributed by atoms with van der Waals surface area (Å²) >= 11 is 0. The number of nitrogens with zero attached hydrogens (tertiary/aromatic N) is 2. The largest absolute Gasteiger partial charge is 0.401 e. The Kier molecular flexibility index (Phi) is 9.22. The summed E-state index contributed by atoms with van der Waals surface area (Å²) in [6, 6.07) is 0. The van der Waals surface area contributed by atoms with Crippen LogP contribution >= 0.6 is 0 Å². The van der Waals surface area contributed by atoms with Crippen molar-refractivity contribution in [3.8, 4) is 0 Å². The quantitative estimate of drug-likeness (QED) is 0.309. The van der Waals surface area contributed by atoms with Gasteiger partial charge in [-0.3, -0.25) is 9.89 Å². The minimum atomic E-state index is -4.25. The van der Waals surface area contributed by atoms with Crippen LogP contribution in [-0.4, -0.2) is 63.0 Å². The van der Waals surface area contributed by atoms with E-state index in [0.29, 0.717) is 13.0 Å². The van der Waals surface area contributed by atoms with E-state index in [-0.39, 0.29) is 25.6 Å². The summed E-state index contributed by atoms with van der Waals surface area (Å²) in [7, 11) is 1.35. The third kappa shape index (κ3) is 13.8. The molecular weight excluding hydrogens is 314 g/mol. The first kappa shape index (κ1) is 20.8. The highest BCUT2D eigenvalue weighted by atomic mass is 19.4. The number of alkyl halides is 6. The van der Waals surface area contributed by atoms with Gasteiger partial charge in [0.1, 0.15) is 0 Å². The predicted octanol–water partition coefficient (Wildman–Crippen LogP) is 2.38. The standard InChI is InChI=1S/C12H22F6N4/c1-3-19-10(21-7-5-11(13,14)15)20-6-4-8-22(2)9-12(16,17)18/h3-9H2,1-2H3,(H2,19,20,21). The van der Waals surface area contributed by atoms with Gasteiger partial charge in [0.25, 0.3) is 0 Å². The maximum atomic E-state index is 12.1. The van der Waals surface area contributed by atoms with E-state index in [0.717, 1.165) is 4.90 Å². The van der Waals surface area contributed by atoms with Crippen LogP contribution < -0.4 is 10.6 Å². The minimum absolute atomic E-state index is 0.199. The fourth-order valence-corrected chi connectivity index (χ4v) is 1.58. The van der Waals surface area contributed by atoms with Crippen LogP contribution in [-0.2, 0) is 0 Å². The predicted molar refractivity (Wildman–Crippen MR) is 72.8 cm³/mol. The van der Waals surface area contributed by atoms with Crippen LogP contribution in [0.15, 0.2) is 4.99 Å². The zero-order valence-corrected chi connectivity index (χ0v) is 12.6. The van der Waals surface area contributed by atoms with Crippen LogP contribution in [0, 0.1) is 0 Å². The fourth-order valence-electron chi connectivity index (χ4n) is 1.58. The van der Waals surface area contributed by atoms with Gasteiger partial charge in [-0.15, -0.1) is 0 Å². The second kappa shape index (κ2) is 9.75. The normalized spacial score (nSPS) is 13.6. The molecular formula is C12H22F6N4. The van der Waals surface area contributed by atoms with Gasteiger partial charge in [0.05, 0.1) is 13.0 Å². The Labute approximate surface area is 126 Å². The molecule has 0 aromatic carbocycles. The van der Waals surface area contributed by atoms with Gasteiger partial charge in [0, 0.05) is 19.6 Å². The molecule has 0 aromatic rings. The highest BCUT2D eigenvalue weighted by Crippen LogP contribution is 2.18. The minimum Gasteiger partial charge on any atom is -0.357 e. The third-order valence-electron chi connectivity index (χ3n) is 2.46. The Morgan fingerprint density at radius 1 is 1.05 bits per heavy atom. The summed E-state index contributed by atoms with van der Waals surface area (Å²) in [5, 5.41) is 5.30. The Morgan fingerprint density at radius 2 is 1.68 bits per heavy atom. The lowest BCUT2D eigenvalue weighted by molar-refractivity contribution is -0.143. The molecule has 4 nitrogen and oxygen atoms in total. The molecule has 0 saturated heterocycles. The van der Waals surface area contributed by atoms with Crippen LogP contribution in [0.1, 0.15) is 19.8 Å². The molecule has 0 amide bonds. The average molecular weight is 336 g/mol. The lowest BCUT2D eigenvalue weighted by Crippen LogP contribution is -2.39. The molecule has 0 aliphatic rings. The number of hydrogen-bond donors (Lipinski definition) is 2. The van der Waals surface area contributed by atoms with Gasteiger partial charge < -0.3 is 10.6 Å². The molecule has 0 atom stereocenters. The molecule has 0 spiro atoms. The van der Waals surface area contributed by atoms with Crippen molar-refractivity contribution in [2.75, 3.05) is 39.8 Å². The zero-order valence-electron chi connectivity index (χ0n) is 12.6. The average Bonchev–Trinajstić information content (AvgIpc) is 2.30. The lowest BCUT2D eigenvalue weighted by Gasteiger charge is -2.18. The summed E-state index contributed by atoms with van der Waals surface area (Å²) in [6.45, 7) is 1.36. The summed E-state index contributed by atoms with van der Waals surface area (Å²) in [5.41, 5.74) is 0. The van der Waals surface area contributed by atoms with Crippen LogP contribution in [0.25, 0.3) is 0 Å². The summed E-state index contributed by atoms with van der Waals surface area (Å²) < 4.78 is 72.4. The highest BCUT2D eigenvalue weighted by Gasteiger charge is 2.28. The van der Waals surface area contributed by atoms with E-state index in [1.54, 1.807) is 6.92 Å². The van der Waals surface area contributed by atoms with Crippen molar-refractivity contribution in [1.29, 1.82) is 0 Å². The first-order valence-electron chi connectivity index (χ1n) is 6.87. The number of guanidine groups is 1. The van der Waals surface area contributed by atoms with Crippen molar-refractivity contribution in [3.05, 3.63) is 0 Å². The number of nitrogens with one attached hydrogen (secondary N) is 2. The van der Waals surface area contributed by atoms with E-state index in [1.165, 1.54) is 7.05 Å². The van der Waals surface area contributed by atoms with Gasteiger partial charge in [0.15, 0.2) is 5.96 Å². The van der Waals surface area contributed by atoms with E-state index < -0.39 is 25.3 Å². The molecule has 0 aliphatic carbocycles. The summed E-state index contributed by atoms with van der Waals surface area (Å²) in [5.74, 6) is 0.227. The SMILES string of the molecule is CCNC(=NCCCN(C)CC(F)(F)F)NCCC(F)(F)F. The number of hydrogen-bond acceptors (Lipinski definition) is 2. The van der Waals surface area contributed by atoms with Gasteiger partial charge in [-0.1, -0.05) is 0 Å². The van der Waals surface area contributed by atoms with Crippen LogP contribution in [0.4, 0.5) is 26.3 Å². The third-order valence-corrected chi connectivity index (χ3v) is 2.46. The van der Waals surface area contributed by atoms with Gasteiger partial charge >= 0.3 is 12.4 Å². The van der Waals surface area contributed by atoms with Gasteiger partial charge in [0.2, 0.25) is 0 Å². The highest BCUT2D eigenvalue weighted by molar-refractivity contribution is 5.79. The molecule has 0 unspecified atom stereocenters. The van der Waals surface area contributed by atoms with E-state index in [4.69, 9.17) is 0 Å². The van der Waals surface area contributed by atoms with E-state index in [1.807, 2.05) is 0 Å². The molecule has 0 rings (SSSR count). The van der Waals surface area contributed by atoms with Crippen molar-refractivity contribution >= 4 is 5.96 Å². The summed E-state index contributed by atoms with van der Waals surface area (Å²) in [4.78, 5) is 5.15. The monoisotopic (exact) mass is 336 g/mol. The van der Waals surface area contributed by atoms with E-state index >= 15 is 0 Å². The first-order valence-corrected chi connectivity index (χ1v) is 6.87. The van der Waals surface area contributed by atoms with E-state index in [2.05, 4.69) is 15.6 Å². The number of rotatable bonds is 8. The molecule has 2 N–H and O–H groups in total. The Hall–Kier alpha value is -1.19. The van der Waals surface area contributed by atoms with Crippen molar-refractivity contribution in [3.63, 3.8) is 0 Å². The number of halogens is 6. The van der Waals surface area contributed by atoms with E-state index in [9.17, 15) is 26.3 Å². The molecule has 0 bridgehead atoms. The van der Waals surface area contributed by atoms with Crippen molar-refractivity contribution in [2.24, 2.45) is 4.99 Å². The van der Waals surface area contributed by atoms with Gasteiger partial charge in [-0.25, -0.2) is 0 Å². The van der Waals surface area contributed by atoms with Crippen molar-refractivity contribution in [1.82, 2.24) is 15.5 Å². The first-order chi connectivity index (χ1) is 10.0. The summed E-state index contributed by atoms with van der Waals surface area (Å²) in [6.07, 6.45) is -9.09. The van der Waals surface area contributed by atoms with Crippen LogP contribution in [0.2, 0.25) is 0 Å². The Morgan fingerprint density at radius 3 is 2.18 bits per heavy atom. The maximum absolute atomic E-state index is 12.1. The molecule has 22 heavy (non-hydrogen) atoms. The molecule has 132 valence electrons. The maximum Gasteiger partial charge on any atom is 0.401 e. The molecule has 0 saturated carbocycles. The smallest absolute Gasteiger partial charge is 0.357 e. The van der Waals surface area contributed by atoms with Crippen molar-refractivity contribution in [2.45, 2.75) is 32.1 Å². The second-order valence-electron chi connectivity index (χ2n) is 4.76. The van der Waals surface area contributed by atoms with Gasteiger partial charge in [-0.2, -0.15) is 26.3 Å². The molecule has 0 aliphatic heterocycles. The topological polar surface area (TPSA) is 39.7 Å². The second-order valence-corrected chi connectivity index (χ2v) is 4.76. The fraction of sp³-hybridized carbons (Fsp3) is 0.917. The lowest BCUT2D eigenvalue weighted by atomic mass is 10.4. The zero-order chi connectivity index (χ0) is 17.2. The molecule has 0 aromatic heterocycles. The van der Waals surface area contributed by atoms with Gasteiger partial charge in [-0.05, 0) is 26.9 Å². The molecule has 10 heteroatoms. The van der Waals surface area contributed by atoms with Crippen LogP contribution in [0.3, 0.4) is 0 Å².